The van der Waals surface area contributed by atoms with Gasteiger partial charge in [0, 0.05) is 29.6 Å². The molecule has 0 radical (unpaired) electrons. The van der Waals surface area contributed by atoms with Gasteiger partial charge < -0.3 is 18.9 Å². The van der Waals surface area contributed by atoms with Crippen LogP contribution in [0.3, 0.4) is 0 Å². The number of ether oxygens (including phenoxy) is 4. The number of methoxy groups -OCH3 is 3. The second kappa shape index (κ2) is 12.3. The second-order valence-electron chi connectivity index (χ2n) is 9.96. The van der Waals surface area contributed by atoms with Crippen molar-refractivity contribution in [3.05, 3.63) is 82.0 Å². The average molecular weight is 621 g/mol. The van der Waals surface area contributed by atoms with Crippen LogP contribution in [0.2, 0.25) is 0 Å². The van der Waals surface area contributed by atoms with Crippen LogP contribution in [0.25, 0.3) is 11.3 Å². The molecule has 4 aromatic rings. The molecule has 1 aliphatic carbocycles. The number of aromatic nitrogens is 1. The summed E-state index contributed by atoms with van der Waals surface area (Å²) >= 11 is 1.44. The third-order valence-corrected chi connectivity index (χ3v) is 10.2. The summed E-state index contributed by atoms with van der Waals surface area (Å²) in [5.41, 5.74) is 5.58. The molecule has 43 heavy (non-hydrogen) atoms. The van der Waals surface area contributed by atoms with E-state index >= 15 is 0 Å². The molecule has 0 saturated carbocycles. The van der Waals surface area contributed by atoms with Gasteiger partial charge in [0.1, 0.15) is 0 Å². The SMILES string of the molecule is COc1cc(-c2csc(=Nc3ccc(S(=O)(=O)N4CCOCC4)cc3)n2N=C2CCc3ccccc32)cc(OC)c1OC. The first-order chi connectivity index (χ1) is 20.9. The lowest BCUT2D eigenvalue weighted by Crippen LogP contribution is -2.40. The molecular weight excluding hydrogens is 588 g/mol. The molecule has 1 saturated heterocycles. The quantitative estimate of drug-likeness (QED) is 0.283. The molecule has 0 atom stereocenters. The van der Waals surface area contributed by atoms with Crippen LogP contribution in [0.1, 0.15) is 17.5 Å². The van der Waals surface area contributed by atoms with E-state index in [0.717, 1.165) is 35.4 Å². The number of sulfonamides is 1. The largest absolute Gasteiger partial charge is 0.493 e. The standard InChI is InChI=1S/C31H32N4O6S2/c1-38-28-18-22(19-29(39-2)30(28)40-3)27-20-42-31(35(27)33-26-13-8-21-6-4-5-7-25(21)26)32-23-9-11-24(12-10-23)43(36,37)34-14-16-41-17-15-34/h4-7,9-12,18-20H,8,13-17H2,1-3H3. The maximum absolute atomic E-state index is 13.1. The molecule has 0 N–H and O–H groups in total. The van der Waals surface area contributed by atoms with Crippen molar-refractivity contribution in [3.63, 3.8) is 0 Å². The highest BCUT2D eigenvalue weighted by molar-refractivity contribution is 7.89. The molecule has 1 aliphatic heterocycles. The number of thiazole rings is 1. The Morgan fingerprint density at radius 2 is 1.58 bits per heavy atom. The molecule has 224 valence electrons. The molecule has 2 heterocycles. The fourth-order valence-corrected chi connectivity index (χ4v) is 7.53. The van der Waals surface area contributed by atoms with Crippen LogP contribution >= 0.6 is 11.3 Å². The Morgan fingerprint density at radius 3 is 2.26 bits per heavy atom. The molecule has 0 bridgehead atoms. The number of aryl methyl sites for hydroxylation is 1. The maximum atomic E-state index is 13.1. The summed E-state index contributed by atoms with van der Waals surface area (Å²) in [6.07, 6.45) is 1.73. The van der Waals surface area contributed by atoms with Gasteiger partial charge in [0.2, 0.25) is 20.6 Å². The van der Waals surface area contributed by atoms with Gasteiger partial charge in [-0.05, 0) is 54.8 Å². The zero-order valence-corrected chi connectivity index (χ0v) is 25.8. The van der Waals surface area contributed by atoms with Gasteiger partial charge in [0.05, 0.1) is 56.5 Å². The van der Waals surface area contributed by atoms with Crippen molar-refractivity contribution in [1.82, 2.24) is 8.98 Å². The van der Waals surface area contributed by atoms with Crippen LogP contribution in [0.15, 0.2) is 81.0 Å². The van der Waals surface area contributed by atoms with Crippen molar-refractivity contribution in [2.24, 2.45) is 10.1 Å². The molecular formula is C31H32N4O6S2. The van der Waals surface area contributed by atoms with E-state index in [1.54, 1.807) is 45.6 Å². The first-order valence-electron chi connectivity index (χ1n) is 13.8. The van der Waals surface area contributed by atoms with Crippen LogP contribution in [0, 0.1) is 0 Å². The summed E-state index contributed by atoms with van der Waals surface area (Å²) in [7, 11) is 1.14. The van der Waals surface area contributed by atoms with Gasteiger partial charge in [-0.3, -0.25) is 0 Å². The lowest BCUT2D eigenvalue weighted by Gasteiger charge is -2.26. The topological polar surface area (TPSA) is 104 Å². The number of hydrogen-bond acceptors (Lipinski definition) is 9. The Balaban J connectivity index is 1.45. The predicted molar refractivity (Wildman–Crippen MR) is 165 cm³/mol. The summed E-state index contributed by atoms with van der Waals surface area (Å²) in [6, 6.07) is 18.7. The summed E-state index contributed by atoms with van der Waals surface area (Å²) in [6.45, 7) is 1.48. The van der Waals surface area contributed by atoms with E-state index < -0.39 is 10.0 Å². The minimum atomic E-state index is -3.60. The Bertz CT molecular complexity index is 1810. The zero-order valence-electron chi connectivity index (χ0n) is 24.1. The van der Waals surface area contributed by atoms with E-state index in [-0.39, 0.29) is 4.90 Å². The third-order valence-electron chi connectivity index (χ3n) is 7.50. The molecule has 0 amide bonds. The predicted octanol–water partition coefficient (Wildman–Crippen LogP) is 4.69. The molecule has 10 nitrogen and oxygen atoms in total. The molecule has 2 aliphatic rings. The summed E-state index contributed by atoms with van der Waals surface area (Å²) in [5.74, 6) is 1.57. The van der Waals surface area contributed by atoms with Crippen LogP contribution in [0.4, 0.5) is 5.69 Å². The smallest absolute Gasteiger partial charge is 0.243 e. The number of morpholine rings is 1. The highest BCUT2D eigenvalue weighted by Gasteiger charge is 2.26. The lowest BCUT2D eigenvalue weighted by atomic mass is 10.1. The number of fused-ring (bicyclic) bond motifs is 1. The molecule has 0 spiro atoms. The van der Waals surface area contributed by atoms with Gasteiger partial charge in [0.15, 0.2) is 11.5 Å². The van der Waals surface area contributed by atoms with E-state index in [4.69, 9.17) is 29.0 Å². The van der Waals surface area contributed by atoms with Crippen molar-refractivity contribution in [2.75, 3.05) is 47.6 Å². The van der Waals surface area contributed by atoms with E-state index in [9.17, 15) is 8.42 Å². The second-order valence-corrected chi connectivity index (χ2v) is 12.7. The number of hydrogen-bond donors (Lipinski definition) is 0. The Labute approximate surface area is 254 Å². The highest BCUT2D eigenvalue weighted by atomic mass is 32.2. The van der Waals surface area contributed by atoms with E-state index in [2.05, 4.69) is 12.1 Å². The molecule has 6 rings (SSSR count). The van der Waals surface area contributed by atoms with E-state index in [1.165, 1.54) is 21.2 Å². The fourth-order valence-electron chi connectivity index (χ4n) is 5.27. The van der Waals surface area contributed by atoms with Crippen molar-refractivity contribution in [3.8, 4) is 28.5 Å². The minimum absolute atomic E-state index is 0.230. The van der Waals surface area contributed by atoms with Gasteiger partial charge in [-0.2, -0.15) is 9.41 Å². The lowest BCUT2D eigenvalue weighted by molar-refractivity contribution is 0.0730. The normalized spacial score (nSPS) is 16.8. The summed E-state index contributed by atoms with van der Waals surface area (Å²) in [4.78, 5) is 5.76. The molecule has 3 aromatic carbocycles. The van der Waals surface area contributed by atoms with Crippen molar-refractivity contribution >= 4 is 32.8 Å². The van der Waals surface area contributed by atoms with Crippen LogP contribution in [0.5, 0.6) is 17.2 Å². The minimum Gasteiger partial charge on any atom is -0.493 e. The fraction of sp³-hybridized carbons (Fsp3) is 0.290. The zero-order chi connectivity index (χ0) is 30.0. The first-order valence-corrected chi connectivity index (χ1v) is 16.1. The highest BCUT2D eigenvalue weighted by Crippen LogP contribution is 2.41. The monoisotopic (exact) mass is 620 g/mol. The van der Waals surface area contributed by atoms with Crippen LogP contribution < -0.4 is 19.0 Å². The van der Waals surface area contributed by atoms with Gasteiger partial charge in [-0.15, -0.1) is 11.3 Å². The van der Waals surface area contributed by atoms with Crippen molar-refractivity contribution < 1.29 is 27.4 Å². The third kappa shape index (κ3) is 5.70. The Morgan fingerprint density at radius 1 is 0.884 bits per heavy atom. The Kier molecular flexibility index (Phi) is 8.35. The molecule has 12 heteroatoms. The number of benzene rings is 3. The average Bonchev–Trinajstić information content (AvgIpc) is 3.65. The van der Waals surface area contributed by atoms with Crippen LogP contribution in [-0.4, -0.2) is 70.7 Å². The first kappa shape index (κ1) is 29.1. The molecule has 1 fully saturated rings. The molecule has 0 unspecified atom stereocenters. The van der Waals surface area contributed by atoms with Crippen molar-refractivity contribution in [1.29, 1.82) is 0 Å². The van der Waals surface area contributed by atoms with E-state index in [1.807, 2.05) is 34.3 Å². The Hall–Kier alpha value is -3.97. The van der Waals surface area contributed by atoms with Crippen molar-refractivity contribution in [2.45, 2.75) is 17.7 Å². The summed E-state index contributed by atoms with van der Waals surface area (Å²) in [5, 5.41) is 7.11. The van der Waals surface area contributed by atoms with Gasteiger partial charge in [-0.25, -0.2) is 18.1 Å². The number of nitrogens with zero attached hydrogens (tertiary/aromatic N) is 4. The van der Waals surface area contributed by atoms with Gasteiger partial charge in [-0.1, -0.05) is 24.3 Å². The van der Waals surface area contributed by atoms with Gasteiger partial charge in [0.25, 0.3) is 0 Å². The summed E-state index contributed by atoms with van der Waals surface area (Å²) < 4.78 is 51.6. The maximum Gasteiger partial charge on any atom is 0.243 e. The van der Waals surface area contributed by atoms with Crippen LogP contribution in [-0.2, 0) is 21.2 Å². The number of rotatable bonds is 8. The molecule has 1 aromatic heterocycles. The van der Waals surface area contributed by atoms with Gasteiger partial charge >= 0.3 is 0 Å². The van der Waals surface area contributed by atoms with E-state index in [0.29, 0.717) is 54.0 Å².